The first-order chi connectivity index (χ1) is 14.1. The van der Waals surface area contributed by atoms with Crippen LogP contribution in [-0.4, -0.2) is 76.4 Å². The van der Waals surface area contributed by atoms with Gasteiger partial charge in [0.1, 0.15) is 6.04 Å². The fraction of sp³-hybridized carbons (Fsp3) is 0.476. The standard InChI is InChI=1S/C21H26N4O4/c1-2-29-21(28)24-11-9-23(10-12-24)20(27)18-7-8-19(26)25(18)14-15-13-22-17-6-4-3-5-16(15)17/h3-6,13,18,22H,2,7-12,14H2,1H3. The van der Waals surface area contributed by atoms with E-state index in [0.29, 0.717) is 52.2 Å². The Hall–Kier alpha value is -3.03. The summed E-state index contributed by atoms with van der Waals surface area (Å²) < 4.78 is 5.03. The third-order valence-corrected chi connectivity index (χ3v) is 5.75. The fourth-order valence-corrected chi connectivity index (χ4v) is 4.17. The minimum absolute atomic E-state index is 0.0128. The molecular formula is C21H26N4O4. The molecule has 4 rings (SSSR count). The molecule has 1 aromatic heterocycles. The number of ether oxygens (including phenoxy) is 1. The first-order valence-electron chi connectivity index (χ1n) is 10.1. The van der Waals surface area contributed by atoms with Gasteiger partial charge in [-0.15, -0.1) is 0 Å². The first kappa shape index (κ1) is 19.3. The second-order valence-corrected chi connectivity index (χ2v) is 7.45. The van der Waals surface area contributed by atoms with E-state index < -0.39 is 6.04 Å². The quantitative estimate of drug-likeness (QED) is 0.853. The van der Waals surface area contributed by atoms with Crippen molar-refractivity contribution in [3.63, 3.8) is 0 Å². The van der Waals surface area contributed by atoms with Crippen molar-refractivity contribution in [3.8, 4) is 0 Å². The number of H-pyrrole nitrogens is 1. The molecule has 2 aliphatic heterocycles. The molecule has 29 heavy (non-hydrogen) atoms. The Balaban J connectivity index is 1.43. The molecule has 3 heterocycles. The number of carbonyl (C=O) groups excluding carboxylic acids is 3. The van der Waals surface area contributed by atoms with Crippen LogP contribution < -0.4 is 0 Å². The number of nitrogens with zero attached hydrogens (tertiary/aromatic N) is 3. The van der Waals surface area contributed by atoms with Crippen molar-refractivity contribution in [2.45, 2.75) is 32.4 Å². The lowest BCUT2D eigenvalue weighted by Gasteiger charge is -2.36. The number of aromatic nitrogens is 1. The number of hydrogen-bond acceptors (Lipinski definition) is 4. The number of benzene rings is 1. The molecule has 2 aliphatic rings. The number of piperazine rings is 1. The molecule has 1 unspecified atom stereocenters. The van der Waals surface area contributed by atoms with Crippen molar-refractivity contribution in [1.29, 1.82) is 0 Å². The highest BCUT2D eigenvalue weighted by Gasteiger charge is 2.39. The molecule has 154 valence electrons. The summed E-state index contributed by atoms with van der Waals surface area (Å²) in [6.07, 6.45) is 2.51. The average molecular weight is 398 g/mol. The molecule has 1 atom stereocenters. The molecule has 0 radical (unpaired) electrons. The molecule has 2 saturated heterocycles. The van der Waals surface area contributed by atoms with Gasteiger partial charge in [-0.05, 0) is 25.0 Å². The summed E-state index contributed by atoms with van der Waals surface area (Å²) in [6.45, 7) is 4.36. The number of hydrogen-bond donors (Lipinski definition) is 1. The third-order valence-electron chi connectivity index (χ3n) is 5.75. The molecule has 8 heteroatoms. The van der Waals surface area contributed by atoms with Crippen LogP contribution in [0.1, 0.15) is 25.3 Å². The van der Waals surface area contributed by atoms with Crippen LogP contribution in [0, 0.1) is 0 Å². The Kier molecular flexibility index (Phi) is 5.42. The highest BCUT2D eigenvalue weighted by atomic mass is 16.6. The predicted molar refractivity (Wildman–Crippen MR) is 107 cm³/mol. The lowest BCUT2D eigenvalue weighted by atomic mass is 10.1. The zero-order valence-electron chi connectivity index (χ0n) is 16.6. The van der Waals surface area contributed by atoms with E-state index in [4.69, 9.17) is 4.74 Å². The topological polar surface area (TPSA) is 85.9 Å². The number of carbonyl (C=O) groups is 3. The van der Waals surface area contributed by atoms with Crippen molar-refractivity contribution in [2.75, 3.05) is 32.8 Å². The second kappa shape index (κ2) is 8.14. The number of likely N-dealkylation sites (tertiary alicyclic amines) is 1. The largest absolute Gasteiger partial charge is 0.450 e. The van der Waals surface area contributed by atoms with E-state index in [0.717, 1.165) is 16.5 Å². The fourth-order valence-electron chi connectivity index (χ4n) is 4.17. The minimum atomic E-state index is -0.440. The average Bonchev–Trinajstić information content (AvgIpc) is 3.32. The zero-order chi connectivity index (χ0) is 20.4. The summed E-state index contributed by atoms with van der Waals surface area (Å²) in [7, 11) is 0. The molecule has 1 N–H and O–H groups in total. The van der Waals surface area contributed by atoms with Gasteiger partial charge in [-0.25, -0.2) is 4.79 Å². The first-order valence-corrected chi connectivity index (χ1v) is 10.1. The second-order valence-electron chi connectivity index (χ2n) is 7.45. The van der Waals surface area contributed by atoms with E-state index >= 15 is 0 Å². The molecule has 3 amide bonds. The third kappa shape index (κ3) is 3.79. The van der Waals surface area contributed by atoms with Crippen LogP contribution in [0.4, 0.5) is 4.79 Å². The van der Waals surface area contributed by atoms with E-state index in [9.17, 15) is 14.4 Å². The molecular weight excluding hydrogens is 372 g/mol. The summed E-state index contributed by atoms with van der Waals surface area (Å²) in [6, 6.07) is 7.51. The van der Waals surface area contributed by atoms with Crippen LogP contribution in [0.15, 0.2) is 30.5 Å². The number of rotatable bonds is 4. The minimum Gasteiger partial charge on any atom is -0.450 e. The maximum atomic E-state index is 13.1. The number of aromatic amines is 1. The molecule has 0 bridgehead atoms. The van der Waals surface area contributed by atoms with E-state index in [1.54, 1.807) is 21.6 Å². The lowest BCUT2D eigenvalue weighted by molar-refractivity contribution is -0.142. The number of nitrogens with one attached hydrogen (secondary N) is 1. The molecule has 0 saturated carbocycles. The highest BCUT2D eigenvalue weighted by molar-refractivity contribution is 5.91. The zero-order valence-corrected chi connectivity index (χ0v) is 16.6. The molecule has 2 fully saturated rings. The van der Waals surface area contributed by atoms with Gasteiger partial charge in [-0.2, -0.15) is 0 Å². The Morgan fingerprint density at radius 1 is 1.14 bits per heavy atom. The van der Waals surface area contributed by atoms with Gasteiger partial charge in [0.25, 0.3) is 0 Å². The van der Waals surface area contributed by atoms with Gasteiger partial charge in [0.05, 0.1) is 6.61 Å². The van der Waals surface area contributed by atoms with Crippen LogP contribution in [0.3, 0.4) is 0 Å². The maximum Gasteiger partial charge on any atom is 0.409 e. The molecule has 8 nitrogen and oxygen atoms in total. The van der Waals surface area contributed by atoms with Crippen molar-refractivity contribution in [3.05, 3.63) is 36.0 Å². The number of amides is 3. The number of fused-ring (bicyclic) bond motifs is 1. The molecule has 1 aromatic carbocycles. The summed E-state index contributed by atoms with van der Waals surface area (Å²) >= 11 is 0. The Morgan fingerprint density at radius 2 is 1.86 bits per heavy atom. The van der Waals surface area contributed by atoms with E-state index in [2.05, 4.69) is 4.98 Å². The Morgan fingerprint density at radius 3 is 2.62 bits per heavy atom. The van der Waals surface area contributed by atoms with Gasteiger partial charge < -0.3 is 24.4 Å². The van der Waals surface area contributed by atoms with Gasteiger partial charge in [0.2, 0.25) is 11.8 Å². The van der Waals surface area contributed by atoms with Gasteiger partial charge in [-0.1, -0.05) is 18.2 Å². The molecule has 0 aliphatic carbocycles. The van der Waals surface area contributed by atoms with Crippen LogP contribution in [-0.2, 0) is 20.9 Å². The smallest absolute Gasteiger partial charge is 0.409 e. The maximum absolute atomic E-state index is 13.1. The highest BCUT2D eigenvalue weighted by Crippen LogP contribution is 2.27. The SMILES string of the molecule is CCOC(=O)N1CCN(C(=O)C2CCC(=O)N2Cc2c[nH]c3ccccc23)CC1. The molecule has 0 spiro atoms. The summed E-state index contributed by atoms with van der Waals surface area (Å²) in [5.74, 6) is -0.0157. The van der Waals surface area contributed by atoms with Crippen molar-refractivity contribution in [2.24, 2.45) is 0 Å². The van der Waals surface area contributed by atoms with Crippen molar-refractivity contribution in [1.82, 2.24) is 19.7 Å². The lowest BCUT2D eigenvalue weighted by Crippen LogP contribution is -2.55. The predicted octanol–water partition coefficient (Wildman–Crippen LogP) is 1.96. The van der Waals surface area contributed by atoms with Crippen LogP contribution >= 0.6 is 0 Å². The van der Waals surface area contributed by atoms with Crippen LogP contribution in [0.5, 0.6) is 0 Å². The van der Waals surface area contributed by atoms with Gasteiger partial charge in [0.15, 0.2) is 0 Å². The monoisotopic (exact) mass is 398 g/mol. The normalized spacial score (nSPS) is 19.8. The van der Waals surface area contributed by atoms with Gasteiger partial charge >= 0.3 is 6.09 Å². The van der Waals surface area contributed by atoms with Crippen molar-refractivity contribution >= 4 is 28.8 Å². The summed E-state index contributed by atoms with van der Waals surface area (Å²) in [5.41, 5.74) is 2.04. The summed E-state index contributed by atoms with van der Waals surface area (Å²) in [5, 5.41) is 1.07. The Labute approximate surface area is 169 Å². The molecule has 2 aromatic rings. The summed E-state index contributed by atoms with van der Waals surface area (Å²) in [4.78, 5) is 45.8. The van der Waals surface area contributed by atoms with E-state index in [1.807, 2.05) is 30.5 Å². The van der Waals surface area contributed by atoms with Crippen LogP contribution in [0.25, 0.3) is 10.9 Å². The number of para-hydroxylation sites is 1. The van der Waals surface area contributed by atoms with E-state index in [-0.39, 0.29) is 17.9 Å². The van der Waals surface area contributed by atoms with Crippen LogP contribution in [0.2, 0.25) is 0 Å². The van der Waals surface area contributed by atoms with Gasteiger partial charge in [-0.3, -0.25) is 9.59 Å². The van der Waals surface area contributed by atoms with E-state index in [1.165, 1.54) is 0 Å². The van der Waals surface area contributed by atoms with Gasteiger partial charge in [0, 0.05) is 56.2 Å². The van der Waals surface area contributed by atoms with Crippen molar-refractivity contribution < 1.29 is 19.1 Å². The Bertz CT molecular complexity index is 916.